The number of nitrogens with one attached hydrogen (secondary N) is 1. The third-order valence-corrected chi connectivity index (χ3v) is 8.50. The number of amides is 1. The van der Waals surface area contributed by atoms with Gasteiger partial charge in [0.05, 0.1) is 6.04 Å². The molecule has 2 heterocycles. The number of piperazine rings is 1. The second-order valence-corrected chi connectivity index (χ2v) is 12.0. The smallest absolute Gasteiger partial charge is 0.240 e. The highest BCUT2D eigenvalue weighted by Gasteiger charge is 2.32. The van der Waals surface area contributed by atoms with Gasteiger partial charge in [0, 0.05) is 62.6 Å². The first kappa shape index (κ1) is 28.6. The van der Waals surface area contributed by atoms with Gasteiger partial charge in [0.1, 0.15) is 0 Å². The van der Waals surface area contributed by atoms with E-state index in [1.165, 1.54) is 22.4 Å². The van der Waals surface area contributed by atoms with E-state index in [-0.39, 0.29) is 11.9 Å². The molecular formula is C33H42ClN5O. The zero-order valence-electron chi connectivity index (χ0n) is 24.0. The number of anilines is 1. The van der Waals surface area contributed by atoms with Crippen LogP contribution in [0, 0.1) is 0 Å². The second-order valence-electron chi connectivity index (χ2n) is 11.5. The summed E-state index contributed by atoms with van der Waals surface area (Å²) < 4.78 is 0. The van der Waals surface area contributed by atoms with Crippen molar-refractivity contribution < 1.29 is 4.79 Å². The van der Waals surface area contributed by atoms with E-state index >= 15 is 0 Å². The largest absolute Gasteiger partial charge is 0.368 e. The number of fused-ring (bicyclic) bond motifs is 1. The van der Waals surface area contributed by atoms with Gasteiger partial charge in [-0.05, 0) is 74.4 Å². The number of hydrogen-bond donors (Lipinski definition) is 1. The van der Waals surface area contributed by atoms with E-state index in [1.807, 2.05) is 24.3 Å². The minimum atomic E-state index is -0.229. The molecule has 1 amide bonds. The van der Waals surface area contributed by atoms with Gasteiger partial charge in [-0.15, -0.1) is 0 Å². The van der Waals surface area contributed by atoms with Crippen LogP contribution in [-0.4, -0.2) is 86.6 Å². The number of carbonyl (C=O) groups excluding carboxylic acids is 1. The predicted molar refractivity (Wildman–Crippen MR) is 165 cm³/mol. The Kier molecular flexibility index (Phi) is 9.43. The van der Waals surface area contributed by atoms with Crippen molar-refractivity contribution in [1.82, 2.24) is 20.0 Å². The van der Waals surface area contributed by atoms with Gasteiger partial charge in [0.25, 0.3) is 0 Å². The van der Waals surface area contributed by atoms with Crippen LogP contribution in [0.1, 0.15) is 22.3 Å². The van der Waals surface area contributed by atoms with Gasteiger partial charge >= 0.3 is 0 Å². The summed E-state index contributed by atoms with van der Waals surface area (Å²) in [4.78, 5) is 23.1. The third-order valence-electron chi connectivity index (χ3n) is 8.24. The van der Waals surface area contributed by atoms with Crippen molar-refractivity contribution in [2.75, 3.05) is 58.8 Å². The number of halogens is 1. The molecule has 212 valence electrons. The Morgan fingerprint density at radius 3 is 2.33 bits per heavy atom. The van der Waals surface area contributed by atoms with Crippen molar-refractivity contribution in [1.29, 1.82) is 0 Å². The molecule has 2 atom stereocenters. The van der Waals surface area contributed by atoms with Gasteiger partial charge in [0.15, 0.2) is 0 Å². The predicted octanol–water partition coefficient (Wildman–Crippen LogP) is 4.31. The number of nitrogens with zero attached hydrogens (tertiary/aromatic N) is 4. The SMILES string of the molecule is CN(C)Cc1ccccc1N1CCN(C(=O)[C@@H](Cc2ccc(Cl)cc2)N(C)C[C@H]2Cc3ccccc3CN2)CC1. The summed E-state index contributed by atoms with van der Waals surface area (Å²) in [6, 6.07) is 25.3. The Morgan fingerprint density at radius 1 is 0.925 bits per heavy atom. The Bertz CT molecular complexity index is 1270. The molecule has 7 heteroatoms. The fraction of sp³-hybridized carbons (Fsp3) is 0.424. The zero-order chi connectivity index (χ0) is 28.1. The molecule has 5 rings (SSSR count). The zero-order valence-corrected chi connectivity index (χ0v) is 24.8. The lowest BCUT2D eigenvalue weighted by molar-refractivity contribution is -0.137. The molecule has 0 saturated carbocycles. The summed E-state index contributed by atoms with van der Waals surface area (Å²) in [5.74, 6) is 0.217. The first-order valence-electron chi connectivity index (χ1n) is 14.4. The molecule has 0 aromatic heterocycles. The molecule has 0 bridgehead atoms. The van der Waals surface area contributed by atoms with Gasteiger partial charge in [-0.25, -0.2) is 0 Å². The van der Waals surface area contributed by atoms with E-state index in [1.54, 1.807) is 0 Å². The molecule has 0 unspecified atom stereocenters. The van der Waals surface area contributed by atoms with Crippen LogP contribution in [0.15, 0.2) is 72.8 Å². The molecule has 1 N–H and O–H groups in total. The Hall–Kier alpha value is -2.90. The number of benzene rings is 3. The van der Waals surface area contributed by atoms with Crippen molar-refractivity contribution in [2.24, 2.45) is 0 Å². The van der Waals surface area contributed by atoms with E-state index in [2.05, 4.69) is 94.6 Å². The van der Waals surface area contributed by atoms with Crippen LogP contribution < -0.4 is 10.2 Å². The van der Waals surface area contributed by atoms with Crippen molar-refractivity contribution in [2.45, 2.75) is 38.0 Å². The summed E-state index contributed by atoms with van der Waals surface area (Å²) in [7, 11) is 6.31. The van der Waals surface area contributed by atoms with Gasteiger partial charge in [0.2, 0.25) is 5.91 Å². The molecule has 1 saturated heterocycles. The average molecular weight is 560 g/mol. The van der Waals surface area contributed by atoms with Crippen LogP contribution in [0.25, 0.3) is 0 Å². The molecule has 2 aliphatic rings. The normalized spacial score (nSPS) is 18.2. The quantitative estimate of drug-likeness (QED) is 0.423. The van der Waals surface area contributed by atoms with Crippen LogP contribution in [0.2, 0.25) is 5.02 Å². The molecule has 2 aliphatic heterocycles. The van der Waals surface area contributed by atoms with Crippen molar-refractivity contribution in [3.63, 3.8) is 0 Å². The van der Waals surface area contributed by atoms with Gasteiger partial charge in [-0.1, -0.05) is 66.2 Å². The van der Waals surface area contributed by atoms with Gasteiger partial charge in [-0.2, -0.15) is 0 Å². The Morgan fingerprint density at radius 2 is 1.60 bits per heavy atom. The monoisotopic (exact) mass is 559 g/mol. The van der Waals surface area contributed by atoms with Crippen LogP contribution in [-0.2, 0) is 30.7 Å². The molecule has 3 aromatic carbocycles. The molecule has 0 radical (unpaired) electrons. The lowest BCUT2D eigenvalue weighted by atomic mass is 9.95. The van der Waals surface area contributed by atoms with Crippen LogP contribution >= 0.6 is 11.6 Å². The molecule has 3 aromatic rings. The van der Waals surface area contributed by atoms with Crippen molar-refractivity contribution in [3.05, 3.63) is 100 Å². The van der Waals surface area contributed by atoms with E-state index in [4.69, 9.17) is 11.6 Å². The third kappa shape index (κ3) is 7.05. The van der Waals surface area contributed by atoms with Crippen molar-refractivity contribution >= 4 is 23.2 Å². The highest BCUT2D eigenvalue weighted by atomic mass is 35.5. The Labute approximate surface area is 244 Å². The van der Waals surface area contributed by atoms with E-state index in [9.17, 15) is 4.79 Å². The number of hydrogen-bond acceptors (Lipinski definition) is 5. The van der Waals surface area contributed by atoms with Crippen LogP contribution in [0.4, 0.5) is 5.69 Å². The number of likely N-dealkylation sites (N-methyl/N-ethyl adjacent to an activating group) is 1. The van der Waals surface area contributed by atoms with E-state index in [0.717, 1.165) is 62.8 Å². The molecule has 0 aliphatic carbocycles. The number of carbonyl (C=O) groups is 1. The standard InChI is InChI=1S/C33H42ClN5O/c1-36(2)23-28-10-6-7-11-31(28)38-16-18-39(19-17-38)33(40)32(20-25-12-14-29(34)15-13-25)37(3)24-30-21-26-8-4-5-9-27(26)22-35-30/h4-15,30,32,35H,16-24H2,1-3H3/t30-,32-/m1/s1. The van der Waals surface area contributed by atoms with E-state index in [0.29, 0.717) is 12.5 Å². The highest BCUT2D eigenvalue weighted by molar-refractivity contribution is 6.30. The second kappa shape index (κ2) is 13.2. The first-order chi connectivity index (χ1) is 19.4. The highest BCUT2D eigenvalue weighted by Crippen LogP contribution is 2.24. The summed E-state index contributed by atoms with van der Waals surface area (Å²) >= 11 is 6.17. The topological polar surface area (TPSA) is 42.1 Å². The lowest BCUT2D eigenvalue weighted by Crippen LogP contribution is -2.57. The summed E-state index contributed by atoms with van der Waals surface area (Å²) in [5.41, 5.74) is 6.52. The van der Waals surface area contributed by atoms with Gasteiger partial charge in [-0.3, -0.25) is 9.69 Å². The molecule has 40 heavy (non-hydrogen) atoms. The molecule has 1 fully saturated rings. The fourth-order valence-electron chi connectivity index (χ4n) is 6.07. The lowest BCUT2D eigenvalue weighted by Gasteiger charge is -2.40. The number of para-hydroxylation sites is 1. The minimum absolute atomic E-state index is 0.217. The molecular weight excluding hydrogens is 518 g/mol. The van der Waals surface area contributed by atoms with Gasteiger partial charge < -0.3 is 20.0 Å². The maximum absolute atomic E-state index is 14.1. The maximum atomic E-state index is 14.1. The summed E-state index contributed by atoms with van der Waals surface area (Å²) in [6.07, 6.45) is 1.65. The fourth-order valence-corrected chi connectivity index (χ4v) is 6.20. The minimum Gasteiger partial charge on any atom is -0.368 e. The maximum Gasteiger partial charge on any atom is 0.240 e. The van der Waals surface area contributed by atoms with Crippen LogP contribution in [0.5, 0.6) is 0 Å². The van der Waals surface area contributed by atoms with Crippen molar-refractivity contribution in [3.8, 4) is 0 Å². The summed E-state index contributed by atoms with van der Waals surface area (Å²) in [6.45, 7) is 5.74. The average Bonchev–Trinajstić information content (AvgIpc) is 2.96. The summed E-state index contributed by atoms with van der Waals surface area (Å²) in [5, 5.41) is 4.42. The first-order valence-corrected chi connectivity index (χ1v) is 14.8. The molecule has 6 nitrogen and oxygen atoms in total. The van der Waals surface area contributed by atoms with E-state index < -0.39 is 0 Å². The van der Waals surface area contributed by atoms with Crippen LogP contribution in [0.3, 0.4) is 0 Å². The number of rotatable bonds is 9. The Balaban J connectivity index is 1.27. The molecule has 0 spiro atoms.